The molecule has 0 aliphatic carbocycles. The molecule has 4 atom stereocenters. The van der Waals surface area contributed by atoms with Crippen LogP contribution in [0, 0.1) is 0 Å². The van der Waals surface area contributed by atoms with Gasteiger partial charge < -0.3 is 28.8 Å². The van der Waals surface area contributed by atoms with E-state index in [9.17, 15) is 9.90 Å². The molecule has 29 heavy (non-hydrogen) atoms. The third kappa shape index (κ3) is 4.54. The van der Waals surface area contributed by atoms with Crippen LogP contribution in [0.2, 0.25) is 0 Å². The summed E-state index contributed by atoms with van der Waals surface area (Å²) in [5.74, 6) is -2.33. The van der Waals surface area contributed by atoms with Gasteiger partial charge in [0.05, 0.1) is 18.8 Å². The van der Waals surface area contributed by atoms with Gasteiger partial charge in [0.25, 0.3) is 0 Å². The van der Waals surface area contributed by atoms with E-state index in [1.807, 2.05) is 0 Å². The maximum atomic E-state index is 12.9. The Hall–Kier alpha value is -1.77. The van der Waals surface area contributed by atoms with Crippen LogP contribution in [0.5, 0.6) is 0 Å². The number of rotatable bonds is 6. The molecule has 3 rings (SSSR count). The highest BCUT2D eigenvalue weighted by Gasteiger charge is 2.57. The number of hydrogen-bond acceptors (Lipinski definition) is 7. The lowest BCUT2D eigenvalue weighted by Crippen LogP contribution is -2.60. The van der Waals surface area contributed by atoms with Crippen LogP contribution < -0.4 is 0 Å². The Kier molecular flexibility index (Phi) is 5.91. The van der Waals surface area contributed by atoms with E-state index in [0.717, 1.165) is 0 Å². The number of aliphatic hydroxyl groups is 1. The van der Waals surface area contributed by atoms with Crippen LogP contribution in [0.25, 0.3) is 0 Å². The van der Waals surface area contributed by atoms with Crippen LogP contribution in [-0.4, -0.2) is 59.8 Å². The summed E-state index contributed by atoms with van der Waals surface area (Å²) in [5, 5.41) is 11.8. The Morgan fingerprint density at radius 3 is 2.21 bits per heavy atom. The van der Waals surface area contributed by atoms with Gasteiger partial charge in [0, 0.05) is 0 Å². The Labute approximate surface area is 171 Å². The van der Waals surface area contributed by atoms with Crippen LogP contribution in [0.15, 0.2) is 42.5 Å². The Bertz CT molecular complexity index is 758. The fraction of sp³-hybridized carbons (Fsp3) is 0.591. The molecule has 0 aromatic heterocycles. The highest BCUT2D eigenvalue weighted by Crippen LogP contribution is 2.40. The van der Waals surface area contributed by atoms with Gasteiger partial charge in [0.15, 0.2) is 23.3 Å². The summed E-state index contributed by atoms with van der Waals surface area (Å²) in [6, 6.07) is 8.58. The van der Waals surface area contributed by atoms with Gasteiger partial charge in [-0.3, -0.25) is 0 Å². The van der Waals surface area contributed by atoms with Crippen LogP contribution >= 0.6 is 0 Å². The largest absolute Gasteiger partial charge is 0.452 e. The number of ether oxygens (including phenoxy) is 5. The fourth-order valence-corrected chi connectivity index (χ4v) is 3.68. The average Bonchev–Trinajstić information content (AvgIpc) is 3.20. The van der Waals surface area contributed by atoms with Gasteiger partial charge in [-0.15, -0.1) is 0 Å². The smallest absolute Gasteiger partial charge is 0.338 e. The Morgan fingerprint density at radius 1 is 1.14 bits per heavy atom. The van der Waals surface area contributed by atoms with Crippen LogP contribution in [0.4, 0.5) is 0 Å². The van der Waals surface area contributed by atoms with Gasteiger partial charge in [0.1, 0.15) is 12.2 Å². The topological polar surface area (TPSA) is 83.5 Å². The lowest BCUT2D eigenvalue weighted by atomic mass is 9.81. The van der Waals surface area contributed by atoms with E-state index in [1.54, 1.807) is 65.0 Å². The number of hydrogen-bond donors (Lipinski definition) is 1. The maximum Gasteiger partial charge on any atom is 0.338 e. The SMILES string of the molecule is C=C(C)[C@](O)([C@@H]1COC(C)(C)O1)[C@H](OC(=O)c1ccccc1)[C@@H]1COC(C)(C)O1. The van der Waals surface area contributed by atoms with Gasteiger partial charge in [-0.25, -0.2) is 4.79 Å². The Morgan fingerprint density at radius 2 is 1.72 bits per heavy atom. The van der Waals surface area contributed by atoms with Crippen molar-refractivity contribution in [3.63, 3.8) is 0 Å². The number of carbonyl (C=O) groups is 1. The molecule has 2 heterocycles. The van der Waals surface area contributed by atoms with E-state index in [0.29, 0.717) is 11.1 Å². The second-order valence-electron chi connectivity index (χ2n) is 8.48. The van der Waals surface area contributed by atoms with E-state index in [4.69, 9.17) is 23.7 Å². The van der Waals surface area contributed by atoms with Gasteiger partial charge in [-0.05, 0) is 52.3 Å². The monoisotopic (exact) mass is 406 g/mol. The van der Waals surface area contributed by atoms with Gasteiger partial charge in [-0.2, -0.15) is 0 Å². The summed E-state index contributed by atoms with van der Waals surface area (Å²) in [7, 11) is 0. The van der Waals surface area contributed by atoms with Crippen molar-refractivity contribution in [1.82, 2.24) is 0 Å². The molecule has 2 aliphatic heterocycles. The predicted molar refractivity (Wildman–Crippen MR) is 105 cm³/mol. The second kappa shape index (κ2) is 7.81. The molecular weight excluding hydrogens is 376 g/mol. The quantitative estimate of drug-likeness (QED) is 0.574. The summed E-state index contributed by atoms with van der Waals surface area (Å²) in [5.41, 5.74) is -1.00. The van der Waals surface area contributed by atoms with Crippen molar-refractivity contribution in [2.75, 3.05) is 13.2 Å². The molecule has 160 valence electrons. The average molecular weight is 406 g/mol. The molecule has 1 aromatic carbocycles. The first kappa shape index (κ1) is 21.9. The van der Waals surface area contributed by atoms with E-state index in [2.05, 4.69) is 6.58 Å². The van der Waals surface area contributed by atoms with Crippen LogP contribution in [-0.2, 0) is 23.7 Å². The summed E-state index contributed by atoms with van der Waals surface area (Å²) in [6.45, 7) is 12.9. The second-order valence-corrected chi connectivity index (χ2v) is 8.48. The molecule has 1 aromatic rings. The Balaban J connectivity index is 1.96. The lowest BCUT2D eigenvalue weighted by Gasteiger charge is -2.41. The number of benzene rings is 1. The highest BCUT2D eigenvalue weighted by atomic mass is 16.8. The summed E-state index contributed by atoms with van der Waals surface area (Å²) in [6.07, 6.45) is -2.63. The number of carbonyl (C=O) groups excluding carboxylic acids is 1. The molecular formula is C22H30O7. The molecule has 7 heteroatoms. The molecule has 7 nitrogen and oxygen atoms in total. The predicted octanol–water partition coefficient (Wildman–Crippen LogP) is 2.82. The minimum absolute atomic E-state index is 0.118. The van der Waals surface area contributed by atoms with E-state index in [1.165, 1.54) is 0 Å². The minimum Gasteiger partial charge on any atom is -0.452 e. The van der Waals surface area contributed by atoms with Crippen molar-refractivity contribution >= 4 is 5.97 Å². The molecule has 0 spiro atoms. The van der Waals surface area contributed by atoms with E-state index >= 15 is 0 Å². The number of esters is 1. The lowest BCUT2D eigenvalue weighted by molar-refractivity contribution is -0.207. The van der Waals surface area contributed by atoms with E-state index in [-0.39, 0.29) is 13.2 Å². The first-order valence-electron chi connectivity index (χ1n) is 9.72. The van der Waals surface area contributed by atoms with Crippen LogP contribution in [0.1, 0.15) is 45.0 Å². The van der Waals surface area contributed by atoms with Crippen molar-refractivity contribution in [3.05, 3.63) is 48.0 Å². The zero-order valence-electron chi connectivity index (χ0n) is 17.6. The minimum atomic E-state index is -1.74. The van der Waals surface area contributed by atoms with Crippen LogP contribution in [0.3, 0.4) is 0 Å². The van der Waals surface area contributed by atoms with Crippen molar-refractivity contribution in [2.45, 2.75) is 70.1 Å². The molecule has 0 unspecified atom stereocenters. The summed E-state index contributed by atoms with van der Waals surface area (Å²) in [4.78, 5) is 12.9. The van der Waals surface area contributed by atoms with Gasteiger partial charge in [0.2, 0.25) is 0 Å². The standard InChI is InChI=1S/C22H30O7/c1-14(2)22(24,17-13-26-21(5,6)29-17)18(16-12-25-20(3,4)28-16)27-19(23)15-10-8-7-9-11-15/h7-11,16-18,24H,1,12-13H2,2-6H3/t16-,17-,18+,22-/m0/s1. The molecule has 2 saturated heterocycles. The maximum absolute atomic E-state index is 12.9. The first-order chi connectivity index (χ1) is 13.4. The molecule has 2 fully saturated rings. The summed E-state index contributed by atoms with van der Waals surface area (Å²) >= 11 is 0. The van der Waals surface area contributed by atoms with E-state index < -0.39 is 41.5 Å². The third-order valence-electron chi connectivity index (χ3n) is 5.23. The van der Waals surface area contributed by atoms with Crippen molar-refractivity contribution in [3.8, 4) is 0 Å². The normalized spacial score (nSPS) is 28.5. The van der Waals surface area contributed by atoms with Gasteiger partial charge in [-0.1, -0.05) is 24.8 Å². The summed E-state index contributed by atoms with van der Waals surface area (Å²) < 4.78 is 29.1. The molecule has 0 saturated carbocycles. The van der Waals surface area contributed by atoms with Crippen molar-refractivity contribution in [2.24, 2.45) is 0 Å². The molecule has 0 bridgehead atoms. The molecule has 0 radical (unpaired) electrons. The molecule has 1 N–H and O–H groups in total. The first-order valence-corrected chi connectivity index (χ1v) is 9.72. The molecule has 2 aliphatic rings. The highest BCUT2D eigenvalue weighted by molar-refractivity contribution is 5.89. The van der Waals surface area contributed by atoms with Gasteiger partial charge >= 0.3 is 5.97 Å². The van der Waals surface area contributed by atoms with Crippen molar-refractivity contribution < 1.29 is 33.6 Å². The zero-order valence-corrected chi connectivity index (χ0v) is 17.6. The fourth-order valence-electron chi connectivity index (χ4n) is 3.68. The van der Waals surface area contributed by atoms with Crippen molar-refractivity contribution in [1.29, 1.82) is 0 Å². The molecule has 0 amide bonds. The third-order valence-corrected chi connectivity index (χ3v) is 5.23. The zero-order chi connectivity index (χ0) is 21.4.